The van der Waals surface area contributed by atoms with Crippen molar-refractivity contribution in [2.24, 2.45) is 0 Å². The molecule has 9 heteroatoms. The molecule has 0 bridgehead atoms. The molecule has 1 aromatic carbocycles. The van der Waals surface area contributed by atoms with Crippen LogP contribution in [0.3, 0.4) is 0 Å². The third-order valence-corrected chi connectivity index (χ3v) is 7.27. The first kappa shape index (κ1) is 21.2. The number of rotatable bonds is 8. The number of aryl methyl sites for hydroxylation is 1. The molecule has 0 unspecified atom stereocenters. The van der Waals surface area contributed by atoms with Crippen LogP contribution in [0.15, 0.2) is 24.3 Å². The molecule has 5 rings (SSSR count). The van der Waals surface area contributed by atoms with Crippen molar-refractivity contribution >= 4 is 28.1 Å². The number of carbonyl (C=O) groups is 2. The van der Waals surface area contributed by atoms with Gasteiger partial charge in [0.1, 0.15) is 5.01 Å². The van der Waals surface area contributed by atoms with Crippen molar-refractivity contribution in [1.29, 1.82) is 0 Å². The van der Waals surface area contributed by atoms with Gasteiger partial charge in [-0.25, -0.2) is 0 Å². The number of fused-ring (bicyclic) bond motifs is 2. The van der Waals surface area contributed by atoms with Crippen molar-refractivity contribution in [1.82, 2.24) is 29.6 Å². The fraction of sp³-hybridized carbons (Fsp3) is 0.522. The molecule has 3 aromatic rings. The van der Waals surface area contributed by atoms with Crippen LogP contribution in [-0.4, -0.2) is 61.1 Å². The smallest absolute Gasteiger partial charge is 0.261 e. The van der Waals surface area contributed by atoms with Gasteiger partial charge in [0.15, 0.2) is 5.82 Å². The number of amides is 2. The second-order valence-electron chi connectivity index (χ2n) is 8.61. The lowest BCUT2D eigenvalue weighted by Crippen LogP contribution is -2.30. The molecule has 2 aromatic heterocycles. The molecule has 0 aliphatic carbocycles. The van der Waals surface area contributed by atoms with E-state index in [-0.39, 0.29) is 11.8 Å². The highest BCUT2D eigenvalue weighted by Crippen LogP contribution is 2.23. The first-order chi connectivity index (χ1) is 15.7. The second-order valence-corrected chi connectivity index (χ2v) is 9.66. The maximum Gasteiger partial charge on any atom is 0.261 e. The molecule has 0 N–H and O–H groups in total. The van der Waals surface area contributed by atoms with Gasteiger partial charge in [0.25, 0.3) is 11.8 Å². The van der Waals surface area contributed by atoms with Gasteiger partial charge in [-0.15, -0.1) is 10.2 Å². The molecule has 4 heterocycles. The van der Waals surface area contributed by atoms with Crippen LogP contribution >= 0.6 is 11.3 Å². The number of benzene rings is 1. The summed E-state index contributed by atoms with van der Waals surface area (Å²) in [4.78, 5) is 29.6. The number of nitrogens with zero attached hydrogens (tertiary/aromatic N) is 6. The standard InChI is InChI=1S/C23H28N6O2S/c30-21-17-10-5-6-11-18(17)22(31)28(21)15-9-3-4-12-20-26-29-19(24-25-23(29)32-20)16-27-13-7-1-2-8-14-27/h5-6,10-11H,1-4,7-9,12-16H2. The summed E-state index contributed by atoms with van der Waals surface area (Å²) in [7, 11) is 0. The first-order valence-corrected chi connectivity index (χ1v) is 12.4. The molecule has 2 aliphatic rings. The molecule has 0 atom stereocenters. The van der Waals surface area contributed by atoms with Gasteiger partial charge in [-0.05, 0) is 50.9 Å². The van der Waals surface area contributed by atoms with Gasteiger partial charge in [0.2, 0.25) is 4.96 Å². The Balaban J connectivity index is 1.10. The van der Waals surface area contributed by atoms with E-state index < -0.39 is 0 Å². The molecule has 2 amide bonds. The van der Waals surface area contributed by atoms with E-state index in [1.807, 2.05) is 4.52 Å². The number of hydrogen-bond acceptors (Lipinski definition) is 7. The number of unbranched alkanes of at least 4 members (excludes halogenated alkanes) is 2. The lowest BCUT2D eigenvalue weighted by molar-refractivity contribution is 0.0651. The molecule has 0 spiro atoms. The Morgan fingerprint density at radius 3 is 2.31 bits per heavy atom. The minimum absolute atomic E-state index is 0.170. The van der Waals surface area contributed by atoms with Gasteiger partial charge < -0.3 is 0 Å². The van der Waals surface area contributed by atoms with Crippen LogP contribution in [-0.2, 0) is 13.0 Å². The Labute approximate surface area is 191 Å². The summed E-state index contributed by atoms with van der Waals surface area (Å²) in [6.07, 6.45) is 8.73. The zero-order valence-electron chi connectivity index (χ0n) is 18.2. The first-order valence-electron chi connectivity index (χ1n) is 11.6. The van der Waals surface area contributed by atoms with E-state index in [0.717, 1.165) is 61.1 Å². The van der Waals surface area contributed by atoms with E-state index in [1.54, 1.807) is 35.6 Å². The van der Waals surface area contributed by atoms with Gasteiger partial charge in [-0.3, -0.25) is 19.4 Å². The maximum absolute atomic E-state index is 12.4. The summed E-state index contributed by atoms with van der Waals surface area (Å²) in [5.41, 5.74) is 1.04. The van der Waals surface area contributed by atoms with Crippen LogP contribution in [0, 0.1) is 0 Å². The molecule has 0 saturated carbocycles. The van der Waals surface area contributed by atoms with Crippen LogP contribution in [0.4, 0.5) is 0 Å². The summed E-state index contributed by atoms with van der Waals surface area (Å²) in [6.45, 7) is 3.53. The van der Waals surface area contributed by atoms with Gasteiger partial charge in [-0.2, -0.15) is 9.61 Å². The highest BCUT2D eigenvalue weighted by atomic mass is 32.1. The molecule has 0 radical (unpaired) electrons. The number of aromatic nitrogens is 4. The SMILES string of the molecule is O=C1c2ccccc2C(=O)N1CCCCCc1nn2c(CN3CCCCCC3)nnc2s1. The topological polar surface area (TPSA) is 83.7 Å². The summed E-state index contributed by atoms with van der Waals surface area (Å²) in [6, 6.07) is 7.05. The second kappa shape index (κ2) is 9.46. The minimum Gasteiger partial charge on any atom is -0.296 e. The quantitative estimate of drug-likeness (QED) is 0.384. The molecule has 1 saturated heterocycles. The van der Waals surface area contributed by atoms with Crippen molar-refractivity contribution in [2.75, 3.05) is 19.6 Å². The number of hydrogen-bond donors (Lipinski definition) is 0. The number of carbonyl (C=O) groups excluding carboxylic acids is 2. The molecular weight excluding hydrogens is 424 g/mol. The van der Waals surface area contributed by atoms with E-state index in [2.05, 4.69) is 15.1 Å². The maximum atomic E-state index is 12.4. The third-order valence-electron chi connectivity index (χ3n) is 6.31. The van der Waals surface area contributed by atoms with Gasteiger partial charge in [-0.1, -0.05) is 42.7 Å². The summed E-state index contributed by atoms with van der Waals surface area (Å²) >= 11 is 1.60. The van der Waals surface area contributed by atoms with Crippen molar-refractivity contribution < 1.29 is 9.59 Å². The summed E-state index contributed by atoms with van der Waals surface area (Å²) < 4.78 is 1.91. The van der Waals surface area contributed by atoms with E-state index in [0.29, 0.717) is 17.7 Å². The Kier molecular flexibility index (Phi) is 6.27. The average molecular weight is 453 g/mol. The Morgan fingerprint density at radius 1 is 0.875 bits per heavy atom. The van der Waals surface area contributed by atoms with Crippen LogP contribution in [0.25, 0.3) is 4.96 Å². The van der Waals surface area contributed by atoms with E-state index in [1.165, 1.54) is 30.6 Å². The molecular formula is C23H28N6O2S. The Morgan fingerprint density at radius 2 is 1.59 bits per heavy atom. The third kappa shape index (κ3) is 4.31. The molecule has 2 aliphatic heterocycles. The lowest BCUT2D eigenvalue weighted by Gasteiger charge is -2.17. The van der Waals surface area contributed by atoms with Crippen molar-refractivity contribution in [3.05, 3.63) is 46.2 Å². The van der Waals surface area contributed by atoms with E-state index >= 15 is 0 Å². The molecule has 32 heavy (non-hydrogen) atoms. The fourth-order valence-corrected chi connectivity index (χ4v) is 5.45. The Hall–Kier alpha value is -2.65. The van der Waals surface area contributed by atoms with Crippen molar-refractivity contribution in [3.8, 4) is 0 Å². The van der Waals surface area contributed by atoms with Gasteiger partial charge in [0, 0.05) is 13.0 Å². The molecule has 1 fully saturated rings. The number of imide groups is 1. The minimum atomic E-state index is -0.170. The van der Waals surface area contributed by atoms with E-state index in [4.69, 9.17) is 5.10 Å². The Bertz CT molecular complexity index is 1080. The predicted molar refractivity (Wildman–Crippen MR) is 122 cm³/mol. The van der Waals surface area contributed by atoms with Crippen LogP contribution in [0.1, 0.15) is 76.5 Å². The van der Waals surface area contributed by atoms with Crippen molar-refractivity contribution in [3.63, 3.8) is 0 Å². The van der Waals surface area contributed by atoms with E-state index in [9.17, 15) is 9.59 Å². The van der Waals surface area contributed by atoms with Gasteiger partial charge in [0.05, 0.1) is 17.7 Å². The van der Waals surface area contributed by atoms with Crippen LogP contribution in [0.5, 0.6) is 0 Å². The van der Waals surface area contributed by atoms with Crippen molar-refractivity contribution in [2.45, 2.75) is 57.9 Å². The largest absolute Gasteiger partial charge is 0.296 e. The predicted octanol–water partition coefficient (Wildman–Crippen LogP) is 3.57. The normalized spacial score (nSPS) is 17.3. The monoisotopic (exact) mass is 452 g/mol. The molecule has 8 nitrogen and oxygen atoms in total. The number of likely N-dealkylation sites (tertiary alicyclic amines) is 1. The van der Waals surface area contributed by atoms with Gasteiger partial charge >= 0.3 is 0 Å². The summed E-state index contributed by atoms with van der Waals surface area (Å²) in [5, 5.41) is 14.5. The zero-order chi connectivity index (χ0) is 21.9. The lowest BCUT2D eigenvalue weighted by atomic mass is 10.1. The fourth-order valence-electron chi connectivity index (χ4n) is 4.56. The van der Waals surface area contributed by atoms with Crippen LogP contribution < -0.4 is 0 Å². The summed E-state index contributed by atoms with van der Waals surface area (Å²) in [5.74, 6) is 0.586. The molecule has 168 valence electrons. The highest BCUT2D eigenvalue weighted by Gasteiger charge is 2.34. The van der Waals surface area contributed by atoms with Crippen LogP contribution in [0.2, 0.25) is 0 Å². The zero-order valence-corrected chi connectivity index (χ0v) is 19.0. The highest BCUT2D eigenvalue weighted by molar-refractivity contribution is 7.16. The average Bonchev–Trinajstić information content (AvgIpc) is 3.35.